The van der Waals surface area contributed by atoms with E-state index in [1.165, 1.54) is 43.5 Å². The number of benzene rings is 1. The van der Waals surface area contributed by atoms with Crippen molar-refractivity contribution >= 4 is 16.5 Å². The predicted octanol–water partition coefficient (Wildman–Crippen LogP) is 3.88. The Labute approximate surface area is 142 Å². The predicted molar refractivity (Wildman–Crippen MR) is 96.1 cm³/mol. The first kappa shape index (κ1) is 16.3. The number of likely N-dealkylation sites (tertiary alicyclic amines) is 1. The summed E-state index contributed by atoms with van der Waals surface area (Å²) in [7, 11) is 1.92. The number of nitrogens with one attached hydrogen (secondary N) is 1. The number of aryl methyl sites for hydroxylation is 1. The van der Waals surface area contributed by atoms with Gasteiger partial charge in [-0.15, -0.1) is 11.3 Å². The average Bonchev–Trinajstić information content (AvgIpc) is 3.03. The lowest BCUT2D eigenvalue weighted by atomic mass is 9.95. The number of anilines is 1. The second kappa shape index (κ2) is 7.79. The minimum atomic E-state index is 0.344. The summed E-state index contributed by atoms with van der Waals surface area (Å²) >= 11 is 1.68. The lowest BCUT2D eigenvalue weighted by Crippen LogP contribution is -2.39. The molecule has 0 radical (unpaired) electrons. The molecule has 0 amide bonds. The van der Waals surface area contributed by atoms with Crippen molar-refractivity contribution < 1.29 is 5.11 Å². The Balaban J connectivity index is 1.58. The van der Waals surface area contributed by atoms with Crippen LogP contribution in [-0.4, -0.2) is 34.6 Å². The van der Waals surface area contributed by atoms with Crippen LogP contribution in [0.1, 0.15) is 36.9 Å². The Morgan fingerprint density at radius 2 is 2.13 bits per heavy atom. The number of nitrogens with zero attached hydrogens (tertiary/aromatic N) is 2. The quantitative estimate of drug-likeness (QED) is 0.843. The third kappa shape index (κ3) is 4.45. The number of thiazole rings is 1. The molecule has 2 aromatic rings. The lowest BCUT2D eigenvalue weighted by Gasteiger charge is -2.35. The van der Waals surface area contributed by atoms with Crippen LogP contribution in [0.15, 0.2) is 29.6 Å². The number of aromatic nitrogens is 1. The largest absolute Gasteiger partial charge is 0.508 e. The molecule has 1 unspecified atom stereocenters. The molecule has 1 aliphatic rings. The molecule has 5 heteroatoms. The van der Waals surface area contributed by atoms with Gasteiger partial charge in [0.1, 0.15) is 5.75 Å². The van der Waals surface area contributed by atoms with E-state index in [2.05, 4.69) is 20.6 Å². The maximum atomic E-state index is 9.38. The summed E-state index contributed by atoms with van der Waals surface area (Å²) in [4.78, 5) is 7.22. The molecule has 0 bridgehead atoms. The van der Waals surface area contributed by atoms with E-state index in [1.54, 1.807) is 23.5 Å². The summed E-state index contributed by atoms with van der Waals surface area (Å²) in [5, 5.41) is 15.7. The molecule has 23 heavy (non-hydrogen) atoms. The fourth-order valence-electron chi connectivity index (χ4n) is 3.29. The number of phenolic OH excluding ortho intramolecular Hbond substituents is 1. The zero-order valence-electron chi connectivity index (χ0n) is 13.7. The monoisotopic (exact) mass is 331 g/mol. The minimum absolute atomic E-state index is 0.344. The summed E-state index contributed by atoms with van der Waals surface area (Å²) in [6.07, 6.45) is 6.14. The SMILES string of the molecule is CNc1nc(CN2CCCCC2CCc2ccc(O)cc2)cs1. The Kier molecular flexibility index (Phi) is 5.51. The molecule has 1 atom stereocenters. The zero-order chi connectivity index (χ0) is 16.1. The van der Waals surface area contributed by atoms with E-state index >= 15 is 0 Å². The van der Waals surface area contributed by atoms with E-state index in [1.807, 2.05) is 19.2 Å². The second-order valence-corrected chi connectivity index (χ2v) is 7.08. The maximum absolute atomic E-state index is 9.38. The van der Waals surface area contributed by atoms with Crippen molar-refractivity contribution in [1.82, 2.24) is 9.88 Å². The maximum Gasteiger partial charge on any atom is 0.182 e. The summed E-state index contributed by atoms with van der Waals surface area (Å²) in [5.41, 5.74) is 2.48. The Morgan fingerprint density at radius 1 is 1.30 bits per heavy atom. The van der Waals surface area contributed by atoms with Crippen molar-refractivity contribution in [2.75, 3.05) is 18.9 Å². The first-order valence-electron chi connectivity index (χ1n) is 8.38. The summed E-state index contributed by atoms with van der Waals surface area (Å²) in [5.74, 6) is 0.344. The minimum Gasteiger partial charge on any atom is -0.508 e. The van der Waals surface area contributed by atoms with Crippen LogP contribution < -0.4 is 5.32 Å². The number of piperidine rings is 1. The van der Waals surface area contributed by atoms with E-state index in [0.29, 0.717) is 11.8 Å². The van der Waals surface area contributed by atoms with E-state index in [0.717, 1.165) is 18.1 Å². The van der Waals surface area contributed by atoms with Gasteiger partial charge in [0.25, 0.3) is 0 Å². The van der Waals surface area contributed by atoms with Crippen LogP contribution >= 0.6 is 11.3 Å². The average molecular weight is 331 g/mol. The van der Waals surface area contributed by atoms with Crippen molar-refractivity contribution in [3.63, 3.8) is 0 Å². The highest BCUT2D eigenvalue weighted by Gasteiger charge is 2.23. The van der Waals surface area contributed by atoms with Crippen LogP contribution in [0.5, 0.6) is 5.75 Å². The molecule has 2 N–H and O–H groups in total. The van der Waals surface area contributed by atoms with Crippen molar-refractivity contribution in [2.24, 2.45) is 0 Å². The van der Waals surface area contributed by atoms with E-state index in [4.69, 9.17) is 0 Å². The van der Waals surface area contributed by atoms with E-state index < -0.39 is 0 Å². The molecule has 0 spiro atoms. The molecule has 1 fully saturated rings. The molecule has 3 rings (SSSR count). The van der Waals surface area contributed by atoms with Gasteiger partial charge in [0.15, 0.2) is 5.13 Å². The van der Waals surface area contributed by atoms with Crippen LogP contribution in [0.4, 0.5) is 5.13 Å². The number of hydrogen-bond donors (Lipinski definition) is 2. The number of aromatic hydroxyl groups is 1. The molecule has 1 aromatic carbocycles. The van der Waals surface area contributed by atoms with Gasteiger partial charge in [-0.2, -0.15) is 0 Å². The molecular weight excluding hydrogens is 306 g/mol. The molecule has 1 saturated heterocycles. The Hall–Kier alpha value is -1.59. The molecule has 0 saturated carbocycles. The van der Waals surface area contributed by atoms with Gasteiger partial charge in [0.05, 0.1) is 5.69 Å². The molecule has 1 aromatic heterocycles. The van der Waals surface area contributed by atoms with Crippen LogP contribution in [0.2, 0.25) is 0 Å². The Morgan fingerprint density at radius 3 is 2.87 bits per heavy atom. The van der Waals surface area contributed by atoms with Crippen LogP contribution in [0.25, 0.3) is 0 Å². The molecule has 124 valence electrons. The Bertz CT molecular complexity index is 611. The highest BCUT2D eigenvalue weighted by Crippen LogP contribution is 2.25. The van der Waals surface area contributed by atoms with Gasteiger partial charge < -0.3 is 10.4 Å². The van der Waals surface area contributed by atoms with Crippen molar-refractivity contribution in [3.05, 3.63) is 40.9 Å². The fraction of sp³-hybridized carbons (Fsp3) is 0.500. The van der Waals surface area contributed by atoms with Gasteiger partial charge in [0, 0.05) is 25.0 Å². The van der Waals surface area contributed by atoms with Crippen molar-refractivity contribution in [1.29, 1.82) is 0 Å². The van der Waals surface area contributed by atoms with Crippen LogP contribution in [-0.2, 0) is 13.0 Å². The van der Waals surface area contributed by atoms with Gasteiger partial charge in [-0.3, -0.25) is 4.90 Å². The topological polar surface area (TPSA) is 48.4 Å². The zero-order valence-corrected chi connectivity index (χ0v) is 14.5. The van der Waals surface area contributed by atoms with Crippen molar-refractivity contribution in [3.8, 4) is 5.75 Å². The fourth-order valence-corrected chi connectivity index (χ4v) is 3.96. The van der Waals surface area contributed by atoms with Gasteiger partial charge in [0.2, 0.25) is 0 Å². The molecular formula is C18H25N3OS. The van der Waals surface area contributed by atoms with E-state index in [-0.39, 0.29) is 0 Å². The highest BCUT2D eigenvalue weighted by atomic mass is 32.1. The molecule has 4 nitrogen and oxygen atoms in total. The van der Waals surface area contributed by atoms with Gasteiger partial charge in [-0.25, -0.2) is 4.98 Å². The summed E-state index contributed by atoms with van der Waals surface area (Å²) in [6.45, 7) is 2.13. The molecule has 1 aliphatic heterocycles. The van der Waals surface area contributed by atoms with E-state index in [9.17, 15) is 5.11 Å². The number of hydrogen-bond acceptors (Lipinski definition) is 5. The molecule has 2 heterocycles. The number of phenols is 1. The summed E-state index contributed by atoms with van der Waals surface area (Å²) < 4.78 is 0. The normalized spacial score (nSPS) is 18.9. The standard InChI is InChI=1S/C18H25N3OS/c1-19-18-20-15(13-23-18)12-21-11-3-2-4-16(21)8-5-14-6-9-17(22)10-7-14/h6-7,9-10,13,16,22H,2-5,8,11-12H2,1H3,(H,19,20). The molecule has 0 aliphatic carbocycles. The van der Waals surface area contributed by atoms with Gasteiger partial charge in [-0.05, 0) is 49.9 Å². The number of rotatable bonds is 6. The summed E-state index contributed by atoms with van der Waals surface area (Å²) in [6, 6.07) is 8.26. The third-order valence-electron chi connectivity index (χ3n) is 4.58. The second-order valence-electron chi connectivity index (χ2n) is 6.22. The van der Waals surface area contributed by atoms with Gasteiger partial charge >= 0.3 is 0 Å². The third-order valence-corrected chi connectivity index (χ3v) is 5.49. The van der Waals surface area contributed by atoms with Crippen LogP contribution in [0.3, 0.4) is 0 Å². The highest BCUT2D eigenvalue weighted by molar-refractivity contribution is 7.13. The van der Waals surface area contributed by atoms with Crippen LogP contribution in [0, 0.1) is 0 Å². The lowest BCUT2D eigenvalue weighted by molar-refractivity contribution is 0.131. The smallest absolute Gasteiger partial charge is 0.182 e. The van der Waals surface area contributed by atoms with Gasteiger partial charge in [-0.1, -0.05) is 18.6 Å². The van der Waals surface area contributed by atoms with Crippen molar-refractivity contribution in [2.45, 2.75) is 44.7 Å². The first-order chi connectivity index (χ1) is 11.2. The first-order valence-corrected chi connectivity index (χ1v) is 9.26.